The van der Waals surface area contributed by atoms with E-state index in [4.69, 9.17) is 9.29 Å². The molecule has 2 N–H and O–H groups in total. The molecule has 4 rings (SSSR count). The molecule has 0 saturated carbocycles. The number of para-hydroxylation sites is 2. The molecule has 3 aromatic carbocycles. The lowest BCUT2D eigenvalue weighted by Gasteiger charge is -2.36. The van der Waals surface area contributed by atoms with E-state index in [0.717, 1.165) is 11.4 Å². The van der Waals surface area contributed by atoms with Crippen molar-refractivity contribution in [2.24, 2.45) is 0 Å². The smallest absolute Gasteiger partial charge is 0.335 e. The number of rotatable bonds is 7. The van der Waals surface area contributed by atoms with Crippen LogP contribution in [0.3, 0.4) is 0 Å². The monoisotopic (exact) mass is 495 g/mol. The van der Waals surface area contributed by atoms with Gasteiger partial charge in [-0.15, -0.1) is 0 Å². The number of carbonyl (C=O) groups is 2. The molecule has 182 valence electrons. The van der Waals surface area contributed by atoms with Crippen molar-refractivity contribution in [3.05, 3.63) is 88.5 Å². The van der Waals surface area contributed by atoms with E-state index in [2.05, 4.69) is 0 Å². The van der Waals surface area contributed by atoms with Crippen molar-refractivity contribution in [3.63, 3.8) is 0 Å². The van der Waals surface area contributed by atoms with E-state index in [0.29, 0.717) is 34.5 Å². The van der Waals surface area contributed by atoms with Crippen molar-refractivity contribution < 1.29 is 32.4 Å². The molecule has 0 spiro atoms. The van der Waals surface area contributed by atoms with E-state index in [9.17, 15) is 23.1 Å². The normalized spacial score (nSPS) is 13.2. The highest BCUT2D eigenvalue weighted by Gasteiger charge is 2.36. The van der Waals surface area contributed by atoms with Crippen LogP contribution in [0.1, 0.15) is 45.0 Å². The van der Waals surface area contributed by atoms with Gasteiger partial charge in [-0.25, -0.2) is 4.79 Å². The van der Waals surface area contributed by atoms with Crippen LogP contribution in [0.2, 0.25) is 0 Å². The molecule has 8 nitrogen and oxygen atoms in total. The summed E-state index contributed by atoms with van der Waals surface area (Å²) < 4.78 is 37.5. The largest absolute Gasteiger partial charge is 0.478 e. The highest BCUT2D eigenvalue weighted by Crippen LogP contribution is 2.46. The Morgan fingerprint density at radius 3 is 1.94 bits per heavy atom. The zero-order valence-electron chi connectivity index (χ0n) is 19.3. The van der Waals surface area contributed by atoms with Crippen LogP contribution in [0, 0.1) is 13.8 Å². The van der Waals surface area contributed by atoms with Crippen LogP contribution in [-0.2, 0) is 14.9 Å². The maximum atomic E-state index is 13.6. The van der Waals surface area contributed by atoms with Crippen LogP contribution in [0.15, 0.2) is 60.7 Å². The van der Waals surface area contributed by atoms with Crippen molar-refractivity contribution in [2.45, 2.75) is 26.2 Å². The number of anilines is 2. The number of aromatic carboxylic acids is 1. The molecule has 3 aromatic rings. The van der Waals surface area contributed by atoms with Gasteiger partial charge in [0.2, 0.25) is 0 Å². The van der Waals surface area contributed by atoms with E-state index >= 15 is 0 Å². The number of carboxylic acid groups (broad SMARTS) is 1. The van der Waals surface area contributed by atoms with E-state index in [1.807, 2.05) is 53.4 Å². The second-order valence-corrected chi connectivity index (χ2v) is 10.1. The maximum absolute atomic E-state index is 13.6. The van der Waals surface area contributed by atoms with Crippen LogP contribution in [0.5, 0.6) is 5.75 Å². The zero-order chi connectivity index (χ0) is 25.3. The molecule has 0 radical (unpaired) electrons. The molecule has 1 heterocycles. The Morgan fingerprint density at radius 2 is 1.46 bits per heavy atom. The third-order valence-corrected chi connectivity index (χ3v) is 6.81. The first kappa shape index (κ1) is 24.4. The molecule has 0 atom stereocenters. The molecule has 1 aliphatic heterocycles. The number of fused-ring (bicyclic) bond motifs is 2. The number of carboxylic acids is 1. The molecular formula is C26H25NO7S. The molecule has 0 amide bonds. The Bertz CT molecular complexity index is 1340. The molecule has 0 unspecified atom stereocenters. The van der Waals surface area contributed by atoms with Crippen LogP contribution < -0.4 is 9.64 Å². The van der Waals surface area contributed by atoms with Crippen molar-refractivity contribution in [1.29, 1.82) is 0 Å². The third kappa shape index (κ3) is 5.06. The summed E-state index contributed by atoms with van der Waals surface area (Å²) in [7, 11) is -4.09. The number of nitrogens with zero attached hydrogens (tertiary/aromatic N) is 1. The predicted molar refractivity (Wildman–Crippen MR) is 131 cm³/mol. The van der Waals surface area contributed by atoms with E-state index in [-0.39, 0.29) is 17.7 Å². The number of hydrogen-bond acceptors (Lipinski definition) is 6. The Hall–Kier alpha value is -3.69. The fourth-order valence-corrected chi connectivity index (χ4v) is 5.04. The first-order valence-corrected chi connectivity index (χ1v) is 12.6. The summed E-state index contributed by atoms with van der Waals surface area (Å²) in [5.74, 6) is -2.34. The molecule has 0 aromatic heterocycles. The second-order valence-electron chi connectivity index (χ2n) is 8.51. The number of hydrogen-bond donors (Lipinski definition) is 2. The quantitative estimate of drug-likeness (QED) is 0.280. The second kappa shape index (κ2) is 9.52. The van der Waals surface area contributed by atoms with Crippen LogP contribution in [0.4, 0.5) is 11.4 Å². The number of esters is 1. The molecular weight excluding hydrogens is 470 g/mol. The fraction of sp³-hybridized carbons (Fsp3) is 0.231. The summed E-state index contributed by atoms with van der Waals surface area (Å²) in [5.41, 5.74) is 4.12. The zero-order valence-corrected chi connectivity index (χ0v) is 20.1. The lowest BCUT2D eigenvalue weighted by atomic mass is 9.84. The number of aryl methyl sites for hydroxylation is 2. The summed E-state index contributed by atoms with van der Waals surface area (Å²) in [5, 5.41) is 9.30. The van der Waals surface area contributed by atoms with Crippen molar-refractivity contribution in [3.8, 4) is 5.75 Å². The lowest BCUT2D eigenvalue weighted by Crippen LogP contribution is -2.31. The van der Waals surface area contributed by atoms with Gasteiger partial charge in [0, 0.05) is 17.9 Å². The van der Waals surface area contributed by atoms with Crippen LogP contribution in [0.25, 0.3) is 0 Å². The molecule has 35 heavy (non-hydrogen) atoms. The molecule has 0 fully saturated rings. The first-order chi connectivity index (χ1) is 16.6. The standard InChI is InChI=1S/C26H25NO7S/c1-16-14-18(25(28)29)15-17(2)24(16)34-26(30)23-19-8-3-5-10-21(19)27(12-7-13-35(31,32)33)22-11-6-4-9-20(22)23/h3-6,8-11,14-15,23H,7,12-13H2,1-2H3,(H,28,29)(H,31,32,33). The average Bonchev–Trinajstić information content (AvgIpc) is 2.80. The molecule has 0 bridgehead atoms. The maximum Gasteiger partial charge on any atom is 0.335 e. The van der Waals surface area contributed by atoms with Gasteiger partial charge in [-0.2, -0.15) is 8.42 Å². The Balaban J connectivity index is 1.72. The summed E-state index contributed by atoms with van der Waals surface area (Å²) in [4.78, 5) is 26.9. The Morgan fingerprint density at radius 1 is 0.943 bits per heavy atom. The molecule has 1 aliphatic rings. The van der Waals surface area contributed by atoms with Crippen LogP contribution >= 0.6 is 0 Å². The lowest BCUT2D eigenvalue weighted by molar-refractivity contribution is -0.135. The highest BCUT2D eigenvalue weighted by molar-refractivity contribution is 7.85. The molecule has 0 saturated heterocycles. The van der Waals surface area contributed by atoms with Gasteiger partial charge in [-0.05, 0) is 66.8 Å². The summed E-state index contributed by atoms with van der Waals surface area (Å²) in [6.45, 7) is 3.72. The molecule has 0 aliphatic carbocycles. The summed E-state index contributed by atoms with van der Waals surface area (Å²) in [6, 6.07) is 17.6. The Labute approximate surface area is 203 Å². The first-order valence-electron chi connectivity index (χ1n) is 11.0. The number of ether oxygens (including phenoxy) is 1. The minimum Gasteiger partial charge on any atom is -0.478 e. The minimum absolute atomic E-state index is 0.119. The highest BCUT2D eigenvalue weighted by atomic mass is 32.2. The van der Waals surface area contributed by atoms with E-state index in [1.54, 1.807) is 13.8 Å². The van der Waals surface area contributed by atoms with E-state index in [1.165, 1.54) is 12.1 Å². The Kier molecular flexibility index (Phi) is 6.64. The van der Waals surface area contributed by atoms with Gasteiger partial charge in [-0.1, -0.05) is 36.4 Å². The van der Waals surface area contributed by atoms with Gasteiger partial charge in [0.1, 0.15) is 11.7 Å². The van der Waals surface area contributed by atoms with Gasteiger partial charge in [0.15, 0.2) is 0 Å². The van der Waals surface area contributed by atoms with Crippen LogP contribution in [-0.4, -0.2) is 42.3 Å². The fourth-order valence-electron chi connectivity index (χ4n) is 4.55. The number of carbonyl (C=O) groups excluding carboxylic acids is 1. The topological polar surface area (TPSA) is 121 Å². The van der Waals surface area contributed by atoms with Crippen molar-refractivity contribution >= 4 is 33.4 Å². The predicted octanol–water partition coefficient (Wildman–Crippen LogP) is 4.47. The molecule has 9 heteroatoms. The van der Waals surface area contributed by atoms with Gasteiger partial charge >= 0.3 is 11.9 Å². The average molecular weight is 496 g/mol. The van der Waals surface area contributed by atoms with Gasteiger partial charge in [-0.3, -0.25) is 9.35 Å². The van der Waals surface area contributed by atoms with Gasteiger partial charge in [0.25, 0.3) is 10.1 Å². The minimum atomic E-state index is -4.09. The van der Waals surface area contributed by atoms with Gasteiger partial charge in [0.05, 0.1) is 11.3 Å². The van der Waals surface area contributed by atoms with Crippen molar-refractivity contribution in [2.75, 3.05) is 17.2 Å². The SMILES string of the molecule is Cc1cc(C(=O)O)cc(C)c1OC(=O)C1c2ccccc2N(CCCS(=O)(=O)O)c2ccccc21. The summed E-state index contributed by atoms with van der Waals surface area (Å²) in [6.07, 6.45) is 0.199. The van der Waals surface area contributed by atoms with Gasteiger partial charge < -0.3 is 14.7 Å². The van der Waals surface area contributed by atoms with E-state index < -0.39 is 28.0 Å². The van der Waals surface area contributed by atoms with Crippen molar-refractivity contribution in [1.82, 2.24) is 0 Å². The summed E-state index contributed by atoms with van der Waals surface area (Å²) >= 11 is 0. The third-order valence-electron chi connectivity index (χ3n) is 6.01. The number of benzene rings is 3.